The molecule has 2 unspecified atom stereocenters. The molecule has 0 radical (unpaired) electrons. The molecule has 1 aliphatic heterocycles. The average Bonchev–Trinajstić information content (AvgIpc) is 2.31. The molecule has 1 aliphatic rings. The lowest BCUT2D eigenvalue weighted by molar-refractivity contribution is 0.0879. The molecule has 100 valence electrons. The van der Waals surface area contributed by atoms with Crippen LogP contribution in [0.2, 0.25) is 0 Å². The van der Waals surface area contributed by atoms with E-state index in [4.69, 9.17) is 0 Å². The quantitative estimate of drug-likeness (QED) is 0.710. The van der Waals surface area contributed by atoms with Gasteiger partial charge in [0.05, 0.1) is 0 Å². The summed E-state index contributed by atoms with van der Waals surface area (Å²) in [6.07, 6.45) is 2.20. The monoisotopic (exact) mass is 239 g/mol. The van der Waals surface area contributed by atoms with Crippen LogP contribution in [0.4, 0.5) is 0 Å². The van der Waals surface area contributed by atoms with E-state index in [0.717, 1.165) is 25.9 Å². The molecule has 1 N–H and O–H groups in total. The van der Waals surface area contributed by atoms with E-state index in [2.05, 4.69) is 49.6 Å². The third-order valence-electron chi connectivity index (χ3n) is 3.84. The molecule has 1 heterocycles. The van der Waals surface area contributed by atoms with Crippen LogP contribution in [0.25, 0.3) is 0 Å². The maximum Gasteiger partial charge on any atom is 0.0377 e. The summed E-state index contributed by atoms with van der Waals surface area (Å²) in [7, 11) is 4.47. The van der Waals surface area contributed by atoms with Crippen molar-refractivity contribution >= 4 is 0 Å². The van der Waals surface area contributed by atoms with Crippen molar-refractivity contribution in [3.63, 3.8) is 0 Å². The van der Waals surface area contributed by atoms with E-state index in [1.165, 1.54) is 18.7 Å². The standard InChI is InChI=1S/C14H29N3/c1-6-12(3)10-13(15-7-2)14-11-16(4)8-9-17(14)5/h13-15H,3,6-11H2,1-2,4-5H3. The van der Waals surface area contributed by atoms with Gasteiger partial charge in [-0.25, -0.2) is 0 Å². The fraction of sp³-hybridized carbons (Fsp3) is 0.857. The lowest BCUT2D eigenvalue weighted by Gasteiger charge is -2.42. The zero-order chi connectivity index (χ0) is 12.8. The predicted molar refractivity (Wildman–Crippen MR) is 75.4 cm³/mol. The Labute approximate surface area is 107 Å². The second kappa shape index (κ2) is 7.14. The van der Waals surface area contributed by atoms with E-state index in [1.807, 2.05) is 0 Å². The van der Waals surface area contributed by atoms with Crippen molar-refractivity contribution in [1.82, 2.24) is 15.1 Å². The summed E-state index contributed by atoms with van der Waals surface area (Å²) in [5.41, 5.74) is 1.36. The van der Waals surface area contributed by atoms with Crippen molar-refractivity contribution in [2.45, 2.75) is 38.8 Å². The van der Waals surface area contributed by atoms with E-state index in [1.54, 1.807) is 0 Å². The van der Waals surface area contributed by atoms with Crippen molar-refractivity contribution in [3.05, 3.63) is 12.2 Å². The summed E-state index contributed by atoms with van der Waals surface area (Å²) in [4.78, 5) is 4.93. The van der Waals surface area contributed by atoms with Crippen LogP contribution in [0, 0.1) is 0 Å². The normalized spacial score (nSPS) is 24.8. The molecule has 0 saturated carbocycles. The number of piperazine rings is 1. The van der Waals surface area contributed by atoms with Crippen LogP contribution < -0.4 is 5.32 Å². The van der Waals surface area contributed by atoms with Gasteiger partial charge in [-0.3, -0.25) is 4.90 Å². The molecule has 0 bridgehead atoms. The topological polar surface area (TPSA) is 18.5 Å². The summed E-state index contributed by atoms with van der Waals surface area (Å²) in [5.74, 6) is 0. The van der Waals surface area contributed by atoms with Gasteiger partial charge in [0.25, 0.3) is 0 Å². The van der Waals surface area contributed by atoms with Crippen molar-refractivity contribution in [2.24, 2.45) is 0 Å². The van der Waals surface area contributed by atoms with Crippen LogP contribution in [0.3, 0.4) is 0 Å². The van der Waals surface area contributed by atoms with Gasteiger partial charge in [-0.05, 0) is 33.5 Å². The summed E-state index contributed by atoms with van der Waals surface area (Å²) in [5, 5.41) is 3.64. The fourth-order valence-corrected chi connectivity index (χ4v) is 2.54. The lowest BCUT2D eigenvalue weighted by Crippen LogP contribution is -2.58. The predicted octanol–water partition coefficient (Wildman–Crippen LogP) is 1.57. The second-order valence-corrected chi connectivity index (χ2v) is 5.28. The first-order chi connectivity index (χ1) is 8.08. The Kier molecular flexibility index (Phi) is 6.17. The Bertz CT molecular complexity index is 240. The van der Waals surface area contributed by atoms with Crippen LogP contribution in [-0.2, 0) is 0 Å². The largest absolute Gasteiger partial charge is 0.312 e. The minimum Gasteiger partial charge on any atom is -0.312 e. The smallest absolute Gasteiger partial charge is 0.0377 e. The number of likely N-dealkylation sites (N-methyl/N-ethyl adjacent to an activating group) is 3. The number of nitrogens with one attached hydrogen (secondary N) is 1. The van der Waals surface area contributed by atoms with Gasteiger partial charge in [-0.15, -0.1) is 0 Å². The van der Waals surface area contributed by atoms with Gasteiger partial charge in [0.15, 0.2) is 0 Å². The van der Waals surface area contributed by atoms with Crippen LogP contribution in [0.1, 0.15) is 26.7 Å². The molecule has 3 heteroatoms. The minimum absolute atomic E-state index is 0.542. The molecular weight excluding hydrogens is 210 g/mol. The Morgan fingerprint density at radius 3 is 2.65 bits per heavy atom. The van der Waals surface area contributed by atoms with Gasteiger partial charge in [-0.2, -0.15) is 0 Å². The Morgan fingerprint density at radius 2 is 2.06 bits per heavy atom. The molecule has 1 saturated heterocycles. The Morgan fingerprint density at radius 1 is 1.35 bits per heavy atom. The van der Waals surface area contributed by atoms with Gasteiger partial charge < -0.3 is 10.2 Å². The Balaban J connectivity index is 2.63. The molecular formula is C14H29N3. The summed E-state index contributed by atoms with van der Waals surface area (Å²) in [6, 6.07) is 1.15. The van der Waals surface area contributed by atoms with Gasteiger partial charge in [0.1, 0.15) is 0 Å². The summed E-state index contributed by atoms with van der Waals surface area (Å²) in [6.45, 7) is 13.1. The molecule has 17 heavy (non-hydrogen) atoms. The average molecular weight is 239 g/mol. The van der Waals surface area contributed by atoms with E-state index in [0.29, 0.717) is 12.1 Å². The second-order valence-electron chi connectivity index (χ2n) is 5.28. The molecule has 0 amide bonds. The van der Waals surface area contributed by atoms with Crippen molar-refractivity contribution in [2.75, 3.05) is 40.3 Å². The van der Waals surface area contributed by atoms with Crippen LogP contribution >= 0.6 is 0 Å². The van der Waals surface area contributed by atoms with Crippen molar-refractivity contribution < 1.29 is 0 Å². The lowest BCUT2D eigenvalue weighted by atomic mass is 9.96. The molecule has 0 aromatic rings. The number of rotatable bonds is 6. The zero-order valence-electron chi connectivity index (χ0n) is 12.0. The van der Waals surface area contributed by atoms with Crippen molar-refractivity contribution in [3.8, 4) is 0 Å². The fourth-order valence-electron chi connectivity index (χ4n) is 2.54. The van der Waals surface area contributed by atoms with Gasteiger partial charge in [0.2, 0.25) is 0 Å². The maximum absolute atomic E-state index is 4.16. The Hall–Kier alpha value is -0.380. The van der Waals surface area contributed by atoms with E-state index in [-0.39, 0.29) is 0 Å². The summed E-state index contributed by atoms with van der Waals surface area (Å²) < 4.78 is 0. The molecule has 0 spiro atoms. The van der Waals surface area contributed by atoms with Crippen molar-refractivity contribution in [1.29, 1.82) is 0 Å². The minimum atomic E-state index is 0.542. The summed E-state index contributed by atoms with van der Waals surface area (Å²) >= 11 is 0. The number of hydrogen-bond donors (Lipinski definition) is 1. The SMILES string of the molecule is C=C(CC)CC(NCC)C1CN(C)CCN1C. The van der Waals surface area contributed by atoms with Crippen LogP contribution in [-0.4, -0.2) is 62.2 Å². The first-order valence-electron chi connectivity index (χ1n) is 6.87. The van der Waals surface area contributed by atoms with E-state index < -0.39 is 0 Å². The zero-order valence-corrected chi connectivity index (χ0v) is 12.0. The van der Waals surface area contributed by atoms with Crippen LogP contribution in [0.15, 0.2) is 12.2 Å². The van der Waals surface area contributed by atoms with E-state index in [9.17, 15) is 0 Å². The highest BCUT2D eigenvalue weighted by molar-refractivity contribution is 5.01. The third kappa shape index (κ3) is 4.41. The van der Waals surface area contributed by atoms with Gasteiger partial charge >= 0.3 is 0 Å². The van der Waals surface area contributed by atoms with Gasteiger partial charge in [0, 0.05) is 31.7 Å². The first-order valence-corrected chi connectivity index (χ1v) is 6.87. The molecule has 2 atom stereocenters. The molecule has 0 aromatic heterocycles. The van der Waals surface area contributed by atoms with Crippen LogP contribution in [0.5, 0.6) is 0 Å². The van der Waals surface area contributed by atoms with Gasteiger partial charge in [-0.1, -0.05) is 26.0 Å². The number of hydrogen-bond acceptors (Lipinski definition) is 3. The molecule has 1 fully saturated rings. The highest BCUT2D eigenvalue weighted by Crippen LogP contribution is 2.17. The first kappa shape index (κ1) is 14.7. The third-order valence-corrected chi connectivity index (χ3v) is 3.84. The molecule has 0 aromatic carbocycles. The highest BCUT2D eigenvalue weighted by atomic mass is 15.3. The maximum atomic E-state index is 4.16. The number of nitrogens with zero attached hydrogens (tertiary/aromatic N) is 2. The van der Waals surface area contributed by atoms with E-state index >= 15 is 0 Å². The molecule has 0 aliphatic carbocycles. The molecule has 3 nitrogen and oxygen atoms in total. The highest BCUT2D eigenvalue weighted by Gasteiger charge is 2.29. The molecule has 1 rings (SSSR count).